The molecule has 0 unspecified atom stereocenters. The summed E-state index contributed by atoms with van der Waals surface area (Å²) in [4.78, 5) is 11.3. The largest absolute Gasteiger partial charge is 0.544 e. The van der Waals surface area contributed by atoms with Gasteiger partial charge in [-0.15, -0.1) is 0 Å². The molecule has 0 atom stereocenters. The van der Waals surface area contributed by atoms with Gasteiger partial charge in [0.25, 0.3) is 0 Å². The maximum absolute atomic E-state index is 11.3. The van der Waals surface area contributed by atoms with Crippen molar-refractivity contribution >= 4 is 25.1 Å². The van der Waals surface area contributed by atoms with Crippen molar-refractivity contribution in [2.24, 2.45) is 0 Å². The van der Waals surface area contributed by atoms with Gasteiger partial charge in [0, 0.05) is 0 Å². The van der Waals surface area contributed by atoms with Gasteiger partial charge in [0.05, 0.1) is 0 Å². The third-order valence-corrected chi connectivity index (χ3v) is 3.33. The first kappa shape index (κ1) is 12.6. The molecule has 3 nitrogen and oxygen atoms in total. The second-order valence-electron chi connectivity index (χ2n) is 5.22. The van der Waals surface area contributed by atoms with Crippen molar-refractivity contribution in [3.63, 3.8) is 0 Å². The average Bonchev–Trinajstić information content (AvgIpc) is 2.25. The lowest BCUT2D eigenvalue weighted by Crippen LogP contribution is -2.30. The molecule has 0 aliphatic heterocycles. The van der Waals surface area contributed by atoms with E-state index in [2.05, 4.69) is 0 Å². The van der Waals surface area contributed by atoms with Crippen LogP contribution in [-0.2, 0) is 0 Å². The third-order valence-electron chi connectivity index (χ3n) is 2.49. The minimum Gasteiger partial charge on any atom is -0.544 e. The Labute approximate surface area is 107 Å². The number of carboxylic acids is 1. The zero-order chi connectivity index (χ0) is 13.3. The highest BCUT2D eigenvalue weighted by Crippen LogP contribution is 2.28. The van der Waals surface area contributed by atoms with E-state index in [-0.39, 0.29) is 5.56 Å². The normalized spacial score (nSPS) is 11.5. The summed E-state index contributed by atoms with van der Waals surface area (Å²) in [5.74, 6) is -0.477. The van der Waals surface area contributed by atoms with Crippen molar-refractivity contribution in [3.8, 4) is 5.75 Å². The van der Waals surface area contributed by atoms with Gasteiger partial charge in [-0.3, -0.25) is 0 Å². The van der Waals surface area contributed by atoms with E-state index in [9.17, 15) is 9.90 Å². The number of fused-ring (bicyclic) bond motifs is 1. The first-order chi connectivity index (χ1) is 8.37. The van der Waals surface area contributed by atoms with Crippen molar-refractivity contribution in [1.82, 2.24) is 0 Å². The number of carbonyl (C=O) groups is 1. The van der Waals surface area contributed by atoms with Gasteiger partial charge in [0.2, 0.25) is 8.32 Å². The van der Waals surface area contributed by atoms with Crippen LogP contribution in [0, 0.1) is 0 Å². The van der Waals surface area contributed by atoms with Gasteiger partial charge in [-0.2, -0.15) is 0 Å². The Morgan fingerprint density at radius 3 is 2.17 bits per heavy atom. The van der Waals surface area contributed by atoms with E-state index in [4.69, 9.17) is 4.43 Å². The van der Waals surface area contributed by atoms with Crippen LogP contribution < -0.4 is 4.43 Å². The van der Waals surface area contributed by atoms with Gasteiger partial charge >= 0.3 is 5.97 Å². The lowest BCUT2D eigenvalue weighted by Gasteiger charge is -2.21. The number of hydrogen-bond acceptors (Lipinski definition) is 2. The summed E-state index contributed by atoms with van der Waals surface area (Å²) in [5.41, 5.74) is 0.233. The molecule has 0 amide bonds. The Bertz CT molecular complexity index is 600. The molecule has 0 bridgehead atoms. The predicted molar refractivity (Wildman–Crippen MR) is 74.9 cm³/mol. The molecule has 2 rings (SSSR count). The molecule has 2 aromatic rings. The minimum absolute atomic E-state index is 0.233. The SMILES string of the molecule is C[Si](C)(C)Oc1cc2ccccc2cc1C(=O)O. The molecule has 0 saturated carbocycles. The van der Waals surface area contributed by atoms with Crippen molar-refractivity contribution in [2.75, 3.05) is 0 Å². The number of carboxylic acid groups (broad SMARTS) is 1. The lowest BCUT2D eigenvalue weighted by molar-refractivity contribution is 0.0695. The van der Waals surface area contributed by atoms with Crippen LogP contribution in [0.2, 0.25) is 19.6 Å². The van der Waals surface area contributed by atoms with E-state index in [1.54, 1.807) is 6.07 Å². The van der Waals surface area contributed by atoms with Crippen LogP contribution in [0.3, 0.4) is 0 Å². The molecule has 0 saturated heterocycles. The van der Waals surface area contributed by atoms with Crippen LogP contribution in [0.1, 0.15) is 10.4 Å². The predicted octanol–water partition coefficient (Wildman–Crippen LogP) is 3.75. The summed E-state index contributed by atoms with van der Waals surface area (Å²) in [7, 11) is -1.83. The number of rotatable bonds is 3. The molecule has 0 aliphatic rings. The van der Waals surface area contributed by atoms with Gasteiger partial charge in [0.1, 0.15) is 11.3 Å². The second-order valence-corrected chi connectivity index (χ2v) is 9.64. The highest BCUT2D eigenvalue weighted by Gasteiger charge is 2.21. The molecule has 0 aromatic heterocycles. The molecule has 18 heavy (non-hydrogen) atoms. The van der Waals surface area contributed by atoms with Gasteiger partial charge in [-0.25, -0.2) is 4.79 Å². The molecule has 0 radical (unpaired) electrons. The maximum atomic E-state index is 11.3. The standard InChI is InChI=1S/C14H16O3Si/c1-18(2,3)17-13-9-11-7-5-4-6-10(11)8-12(13)14(15)16/h4-9H,1-3H3,(H,15,16). The van der Waals surface area contributed by atoms with E-state index in [0.29, 0.717) is 5.75 Å². The topological polar surface area (TPSA) is 46.5 Å². The fourth-order valence-electron chi connectivity index (χ4n) is 1.80. The Morgan fingerprint density at radius 2 is 1.67 bits per heavy atom. The summed E-state index contributed by atoms with van der Waals surface area (Å²) in [6.45, 7) is 6.11. The summed E-state index contributed by atoms with van der Waals surface area (Å²) in [6, 6.07) is 11.2. The maximum Gasteiger partial charge on any atom is 0.339 e. The van der Waals surface area contributed by atoms with E-state index in [0.717, 1.165) is 10.8 Å². The fraction of sp³-hybridized carbons (Fsp3) is 0.214. The summed E-state index contributed by atoms with van der Waals surface area (Å²) in [5, 5.41) is 11.2. The van der Waals surface area contributed by atoms with Crippen LogP contribution in [0.4, 0.5) is 0 Å². The van der Waals surface area contributed by atoms with Crippen molar-refractivity contribution in [1.29, 1.82) is 0 Å². The average molecular weight is 260 g/mol. The molecular formula is C14H16O3Si. The molecular weight excluding hydrogens is 244 g/mol. The van der Waals surface area contributed by atoms with Crippen LogP contribution in [0.15, 0.2) is 36.4 Å². The van der Waals surface area contributed by atoms with Gasteiger partial charge in [-0.05, 0) is 42.5 Å². The minimum atomic E-state index is -1.83. The smallest absolute Gasteiger partial charge is 0.339 e. The van der Waals surface area contributed by atoms with Crippen molar-refractivity contribution < 1.29 is 14.3 Å². The molecule has 0 spiro atoms. The number of hydrogen-bond donors (Lipinski definition) is 1. The van der Waals surface area contributed by atoms with Crippen LogP contribution in [0.25, 0.3) is 10.8 Å². The molecule has 0 aliphatic carbocycles. The quantitative estimate of drug-likeness (QED) is 0.855. The van der Waals surface area contributed by atoms with E-state index in [1.807, 2.05) is 50.0 Å². The first-order valence-electron chi connectivity index (χ1n) is 5.82. The summed E-state index contributed by atoms with van der Waals surface area (Å²) in [6.07, 6.45) is 0. The zero-order valence-electron chi connectivity index (χ0n) is 10.7. The van der Waals surface area contributed by atoms with Gasteiger partial charge in [-0.1, -0.05) is 24.3 Å². The molecule has 1 N–H and O–H groups in total. The zero-order valence-corrected chi connectivity index (χ0v) is 11.7. The summed E-state index contributed by atoms with van der Waals surface area (Å²) >= 11 is 0. The molecule has 94 valence electrons. The second kappa shape index (κ2) is 4.46. The van der Waals surface area contributed by atoms with Gasteiger partial charge in [0.15, 0.2) is 0 Å². The highest BCUT2D eigenvalue weighted by molar-refractivity contribution is 6.70. The number of benzene rings is 2. The van der Waals surface area contributed by atoms with E-state index >= 15 is 0 Å². The molecule has 2 aromatic carbocycles. The Kier molecular flexibility index (Phi) is 3.13. The van der Waals surface area contributed by atoms with E-state index < -0.39 is 14.3 Å². The number of aromatic carboxylic acids is 1. The van der Waals surface area contributed by atoms with Crippen molar-refractivity contribution in [3.05, 3.63) is 42.0 Å². The van der Waals surface area contributed by atoms with Crippen LogP contribution in [0.5, 0.6) is 5.75 Å². The monoisotopic (exact) mass is 260 g/mol. The first-order valence-corrected chi connectivity index (χ1v) is 9.23. The summed E-state index contributed by atoms with van der Waals surface area (Å²) < 4.78 is 5.86. The lowest BCUT2D eigenvalue weighted by atomic mass is 10.1. The Balaban J connectivity index is 2.61. The Morgan fingerprint density at radius 1 is 1.11 bits per heavy atom. The highest BCUT2D eigenvalue weighted by atomic mass is 28.4. The Hall–Kier alpha value is -1.81. The molecule has 0 heterocycles. The molecule has 4 heteroatoms. The molecule has 0 fully saturated rings. The third kappa shape index (κ3) is 2.71. The van der Waals surface area contributed by atoms with Crippen LogP contribution in [-0.4, -0.2) is 19.4 Å². The van der Waals surface area contributed by atoms with Gasteiger partial charge < -0.3 is 9.53 Å². The fourth-order valence-corrected chi connectivity index (χ4v) is 2.63. The van der Waals surface area contributed by atoms with Crippen molar-refractivity contribution in [2.45, 2.75) is 19.6 Å². The van der Waals surface area contributed by atoms with Crippen LogP contribution >= 0.6 is 0 Å². The van der Waals surface area contributed by atoms with E-state index in [1.165, 1.54) is 0 Å².